The molecule has 0 unspecified atom stereocenters. The summed E-state index contributed by atoms with van der Waals surface area (Å²) in [6.45, 7) is 1.98. The second-order valence-electron chi connectivity index (χ2n) is 8.37. The van der Waals surface area contributed by atoms with E-state index >= 15 is 0 Å². The summed E-state index contributed by atoms with van der Waals surface area (Å²) >= 11 is 14.4. The van der Waals surface area contributed by atoms with E-state index in [2.05, 4.69) is 28.2 Å². The third kappa shape index (κ3) is 4.56. The lowest BCUT2D eigenvalue weighted by atomic mass is 9.90. The highest BCUT2D eigenvalue weighted by Gasteiger charge is 2.29. The van der Waals surface area contributed by atoms with Crippen molar-refractivity contribution in [2.75, 3.05) is 0 Å². The van der Waals surface area contributed by atoms with Crippen LogP contribution in [0, 0.1) is 0 Å². The van der Waals surface area contributed by atoms with Crippen LogP contribution in [0.1, 0.15) is 58.7 Å². The third-order valence-electron chi connectivity index (χ3n) is 6.04. The van der Waals surface area contributed by atoms with Gasteiger partial charge in [0, 0.05) is 10.6 Å². The lowest BCUT2D eigenvalue weighted by Gasteiger charge is -2.19. The van der Waals surface area contributed by atoms with Crippen LogP contribution < -0.4 is 5.32 Å². The molecule has 0 fully saturated rings. The molecule has 1 aliphatic rings. The SMILES string of the molecule is C[C@@H](NC(=O)c1nn(-c2ccc(Cl)cc2Cl)c2c1CCC/C2=C\c1ccsc1)c1ccccc1. The quantitative estimate of drug-likeness (QED) is 0.302. The van der Waals surface area contributed by atoms with Crippen molar-refractivity contribution < 1.29 is 4.79 Å². The highest BCUT2D eigenvalue weighted by molar-refractivity contribution is 7.08. The van der Waals surface area contributed by atoms with Gasteiger partial charge in [0.15, 0.2) is 5.69 Å². The molecule has 1 amide bonds. The molecule has 2 aromatic heterocycles. The fraction of sp³-hybridized carbons (Fsp3) is 0.185. The van der Waals surface area contributed by atoms with E-state index in [0.29, 0.717) is 21.4 Å². The molecule has 0 bridgehead atoms. The van der Waals surface area contributed by atoms with Gasteiger partial charge in [0.25, 0.3) is 5.91 Å². The number of hydrogen-bond donors (Lipinski definition) is 1. The maximum Gasteiger partial charge on any atom is 0.272 e. The Balaban J connectivity index is 1.61. The number of nitrogens with one attached hydrogen (secondary N) is 1. The summed E-state index contributed by atoms with van der Waals surface area (Å²) in [6.07, 6.45) is 4.83. The van der Waals surface area contributed by atoms with E-state index in [1.54, 1.807) is 23.5 Å². The molecule has 4 nitrogen and oxygen atoms in total. The van der Waals surface area contributed by atoms with E-state index < -0.39 is 0 Å². The van der Waals surface area contributed by atoms with Gasteiger partial charge in [-0.15, -0.1) is 0 Å². The molecule has 0 aliphatic heterocycles. The van der Waals surface area contributed by atoms with E-state index in [1.165, 1.54) is 0 Å². The Morgan fingerprint density at radius 2 is 1.97 bits per heavy atom. The number of fused-ring (bicyclic) bond motifs is 1. The zero-order valence-electron chi connectivity index (χ0n) is 18.6. The molecule has 2 aromatic carbocycles. The Kier molecular flexibility index (Phi) is 6.59. The summed E-state index contributed by atoms with van der Waals surface area (Å²) in [5.41, 5.74) is 6.38. The van der Waals surface area contributed by atoms with E-state index in [0.717, 1.165) is 47.2 Å². The van der Waals surface area contributed by atoms with E-state index in [1.807, 2.05) is 48.0 Å². The zero-order chi connectivity index (χ0) is 23.7. The first-order valence-electron chi connectivity index (χ1n) is 11.2. The van der Waals surface area contributed by atoms with Gasteiger partial charge in [-0.25, -0.2) is 4.68 Å². The van der Waals surface area contributed by atoms with Crippen LogP contribution in [0.3, 0.4) is 0 Å². The van der Waals surface area contributed by atoms with Crippen molar-refractivity contribution in [3.8, 4) is 5.69 Å². The highest BCUT2D eigenvalue weighted by atomic mass is 35.5. The van der Waals surface area contributed by atoms with Crippen molar-refractivity contribution in [1.82, 2.24) is 15.1 Å². The van der Waals surface area contributed by atoms with Crippen LogP contribution in [0.2, 0.25) is 10.0 Å². The van der Waals surface area contributed by atoms with Crippen LogP contribution in [0.15, 0.2) is 65.4 Å². The number of benzene rings is 2. The number of halogens is 2. The van der Waals surface area contributed by atoms with Crippen molar-refractivity contribution in [2.24, 2.45) is 0 Å². The Hall–Kier alpha value is -2.86. The van der Waals surface area contributed by atoms with Crippen LogP contribution in [0.4, 0.5) is 0 Å². The second kappa shape index (κ2) is 9.79. The lowest BCUT2D eigenvalue weighted by Crippen LogP contribution is -2.28. The molecule has 0 spiro atoms. The number of carbonyl (C=O) groups is 1. The van der Waals surface area contributed by atoms with Crippen LogP contribution in [0.5, 0.6) is 0 Å². The highest BCUT2D eigenvalue weighted by Crippen LogP contribution is 2.38. The molecule has 1 aliphatic carbocycles. The lowest BCUT2D eigenvalue weighted by molar-refractivity contribution is 0.0933. The molecule has 0 radical (unpaired) electrons. The maximum atomic E-state index is 13.4. The predicted octanol–water partition coefficient (Wildman–Crippen LogP) is 7.61. The molecule has 0 saturated carbocycles. The number of nitrogens with zero attached hydrogens (tertiary/aromatic N) is 2. The molecule has 172 valence electrons. The van der Waals surface area contributed by atoms with Gasteiger partial charge in [0.05, 0.1) is 22.4 Å². The predicted molar refractivity (Wildman–Crippen MR) is 141 cm³/mol. The maximum absolute atomic E-state index is 13.4. The standard InChI is InChI=1S/C27H23Cl2N3OS/c1-17(19-6-3-2-4-7-19)30-27(33)25-22-9-5-8-20(14-18-12-13-34-16-18)26(22)32(31-25)24-11-10-21(28)15-23(24)29/h2-4,6-7,10-17H,5,8-9H2,1H3,(H,30,33)/b20-14+/t17-/m1/s1. The van der Waals surface area contributed by atoms with Gasteiger partial charge in [-0.05, 0) is 84.0 Å². The largest absolute Gasteiger partial charge is 0.344 e. The topological polar surface area (TPSA) is 46.9 Å². The summed E-state index contributed by atoms with van der Waals surface area (Å²) in [6, 6.07) is 17.2. The van der Waals surface area contributed by atoms with Gasteiger partial charge < -0.3 is 5.32 Å². The number of allylic oxidation sites excluding steroid dienone is 1. The van der Waals surface area contributed by atoms with Crippen molar-refractivity contribution in [3.05, 3.63) is 103 Å². The molecule has 0 saturated heterocycles. The molecule has 2 heterocycles. The van der Waals surface area contributed by atoms with Gasteiger partial charge in [-0.3, -0.25) is 4.79 Å². The first-order valence-corrected chi connectivity index (χ1v) is 12.9. The molecule has 4 aromatic rings. The van der Waals surface area contributed by atoms with Crippen molar-refractivity contribution in [2.45, 2.75) is 32.2 Å². The monoisotopic (exact) mass is 507 g/mol. The van der Waals surface area contributed by atoms with Gasteiger partial charge in [0.2, 0.25) is 0 Å². The summed E-state index contributed by atoms with van der Waals surface area (Å²) in [4.78, 5) is 13.4. The fourth-order valence-electron chi connectivity index (χ4n) is 4.39. The minimum absolute atomic E-state index is 0.141. The van der Waals surface area contributed by atoms with E-state index in [4.69, 9.17) is 28.3 Å². The van der Waals surface area contributed by atoms with Gasteiger partial charge in [-0.2, -0.15) is 16.4 Å². The number of thiophene rings is 1. The molecular formula is C27H23Cl2N3OS. The smallest absolute Gasteiger partial charge is 0.272 e. The van der Waals surface area contributed by atoms with Gasteiger partial charge in [0.1, 0.15) is 0 Å². The molecule has 34 heavy (non-hydrogen) atoms. The molecule has 5 rings (SSSR count). The first-order chi connectivity index (χ1) is 16.5. The van der Waals surface area contributed by atoms with Crippen molar-refractivity contribution in [3.63, 3.8) is 0 Å². The van der Waals surface area contributed by atoms with Crippen LogP contribution in [-0.2, 0) is 6.42 Å². The van der Waals surface area contributed by atoms with Crippen LogP contribution in [-0.4, -0.2) is 15.7 Å². The fourth-order valence-corrected chi connectivity index (χ4v) is 5.50. The normalized spacial score (nSPS) is 15.2. The number of aromatic nitrogens is 2. The van der Waals surface area contributed by atoms with Gasteiger partial charge in [-0.1, -0.05) is 53.5 Å². The Morgan fingerprint density at radius 1 is 1.15 bits per heavy atom. The zero-order valence-corrected chi connectivity index (χ0v) is 20.9. The minimum atomic E-state index is -0.187. The minimum Gasteiger partial charge on any atom is -0.344 e. The Labute approximate surface area is 212 Å². The summed E-state index contributed by atoms with van der Waals surface area (Å²) < 4.78 is 1.81. The summed E-state index contributed by atoms with van der Waals surface area (Å²) in [7, 11) is 0. The second-order valence-corrected chi connectivity index (χ2v) is 9.99. The average molecular weight is 508 g/mol. The number of carbonyl (C=O) groups excluding carboxylic acids is 1. The van der Waals surface area contributed by atoms with E-state index in [9.17, 15) is 4.79 Å². The van der Waals surface area contributed by atoms with Crippen molar-refractivity contribution >= 4 is 52.1 Å². The number of hydrogen-bond acceptors (Lipinski definition) is 3. The third-order valence-corrected chi connectivity index (χ3v) is 7.28. The first kappa shape index (κ1) is 22.9. The Bertz CT molecular complexity index is 1360. The number of rotatable bonds is 5. The Morgan fingerprint density at radius 3 is 2.71 bits per heavy atom. The average Bonchev–Trinajstić information content (AvgIpc) is 3.48. The van der Waals surface area contributed by atoms with Crippen LogP contribution in [0.25, 0.3) is 17.3 Å². The molecular weight excluding hydrogens is 485 g/mol. The molecule has 1 atom stereocenters. The van der Waals surface area contributed by atoms with E-state index in [-0.39, 0.29) is 11.9 Å². The molecule has 7 heteroatoms. The number of amides is 1. The van der Waals surface area contributed by atoms with Gasteiger partial charge >= 0.3 is 0 Å². The summed E-state index contributed by atoms with van der Waals surface area (Å²) in [5, 5.41) is 13.2. The molecule has 1 N–H and O–H groups in total. The van der Waals surface area contributed by atoms with Crippen LogP contribution >= 0.6 is 34.5 Å². The summed E-state index contributed by atoms with van der Waals surface area (Å²) in [5.74, 6) is -0.187. The van der Waals surface area contributed by atoms with Crippen molar-refractivity contribution in [1.29, 1.82) is 0 Å².